The van der Waals surface area contributed by atoms with Crippen molar-refractivity contribution in [3.05, 3.63) is 24.3 Å². The fourth-order valence-corrected chi connectivity index (χ4v) is 3.10. The molecule has 1 fully saturated rings. The van der Waals surface area contributed by atoms with Crippen molar-refractivity contribution in [2.75, 3.05) is 32.7 Å². The van der Waals surface area contributed by atoms with E-state index in [9.17, 15) is 4.79 Å². The van der Waals surface area contributed by atoms with Gasteiger partial charge in [-0.1, -0.05) is 13.8 Å². The summed E-state index contributed by atoms with van der Waals surface area (Å²) in [6.07, 6.45) is 5.78. The number of hydrogen-bond donors (Lipinski definition) is 2. The van der Waals surface area contributed by atoms with Crippen LogP contribution in [0.5, 0.6) is 0 Å². The number of halogens is 1. The summed E-state index contributed by atoms with van der Waals surface area (Å²) in [7, 11) is 0. The number of aromatic nitrogens is 2. The molecule has 140 valence electrons. The molecular formula is C17H29IN6O. The van der Waals surface area contributed by atoms with E-state index in [1.807, 2.05) is 0 Å². The van der Waals surface area contributed by atoms with Crippen LogP contribution in [0.1, 0.15) is 37.7 Å². The number of nitrogens with one attached hydrogen (secondary N) is 2. The van der Waals surface area contributed by atoms with Gasteiger partial charge in [0, 0.05) is 38.6 Å². The number of hydrogen-bond acceptors (Lipinski definition) is 4. The van der Waals surface area contributed by atoms with Crippen LogP contribution in [-0.4, -0.2) is 59.5 Å². The molecule has 7 nitrogen and oxygen atoms in total. The zero-order valence-electron chi connectivity index (χ0n) is 15.2. The van der Waals surface area contributed by atoms with Crippen LogP contribution in [0.15, 0.2) is 23.6 Å². The zero-order valence-corrected chi connectivity index (χ0v) is 17.6. The molecule has 8 heteroatoms. The van der Waals surface area contributed by atoms with Crippen molar-refractivity contribution in [2.24, 2.45) is 16.8 Å². The van der Waals surface area contributed by atoms with Gasteiger partial charge in [-0.05, 0) is 25.2 Å². The molecule has 1 aliphatic heterocycles. The van der Waals surface area contributed by atoms with E-state index in [0.29, 0.717) is 30.6 Å². The van der Waals surface area contributed by atoms with Crippen molar-refractivity contribution in [3.63, 3.8) is 0 Å². The number of likely N-dealkylation sites (tertiary alicyclic amines) is 1. The predicted molar refractivity (Wildman–Crippen MR) is 110 cm³/mol. The monoisotopic (exact) mass is 460 g/mol. The number of carbonyl (C=O) groups is 1. The summed E-state index contributed by atoms with van der Waals surface area (Å²) in [6.45, 7) is 10.5. The van der Waals surface area contributed by atoms with Gasteiger partial charge in [-0.2, -0.15) is 0 Å². The Labute approximate surface area is 167 Å². The summed E-state index contributed by atoms with van der Waals surface area (Å²) >= 11 is 0. The van der Waals surface area contributed by atoms with Crippen LogP contribution in [0.25, 0.3) is 0 Å². The van der Waals surface area contributed by atoms with Crippen LogP contribution < -0.4 is 10.6 Å². The van der Waals surface area contributed by atoms with Crippen molar-refractivity contribution in [2.45, 2.75) is 27.2 Å². The Morgan fingerprint density at radius 2 is 2.00 bits per heavy atom. The summed E-state index contributed by atoms with van der Waals surface area (Å²) in [5, 5.41) is 6.18. The Morgan fingerprint density at radius 1 is 1.28 bits per heavy atom. The van der Waals surface area contributed by atoms with Gasteiger partial charge in [0.1, 0.15) is 5.69 Å². The van der Waals surface area contributed by atoms with Gasteiger partial charge in [0.15, 0.2) is 5.96 Å². The summed E-state index contributed by atoms with van der Waals surface area (Å²) in [4.78, 5) is 26.8. The molecular weight excluding hydrogens is 431 g/mol. The highest BCUT2D eigenvalue weighted by molar-refractivity contribution is 14.0. The van der Waals surface area contributed by atoms with Crippen molar-refractivity contribution in [3.8, 4) is 0 Å². The van der Waals surface area contributed by atoms with Gasteiger partial charge >= 0.3 is 0 Å². The quantitative estimate of drug-likeness (QED) is 0.303. The van der Waals surface area contributed by atoms with Crippen LogP contribution in [0.4, 0.5) is 0 Å². The summed E-state index contributed by atoms with van der Waals surface area (Å²) in [5.41, 5.74) is 0.326. The third-order valence-corrected chi connectivity index (χ3v) is 3.96. The molecule has 1 amide bonds. The highest BCUT2D eigenvalue weighted by atomic mass is 127. The zero-order chi connectivity index (χ0) is 17.4. The predicted octanol–water partition coefficient (Wildman–Crippen LogP) is 1.77. The number of piperidine rings is 1. The van der Waals surface area contributed by atoms with Crippen LogP contribution in [0, 0.1) is 11.8 Å². The Kier molecular flexibility index (Phi) is 9.69. The average Bonchev–Trinajstić information content (AvgIpc) is 2.57. The number of guanidine groups is 1. The van der Waals surface area contributed by atoms with Crippen molar-refractivity contribution in [1.82, 2.24) is 25.5 Å². The van der Waals surface area contributed by atoms with Crippen molar-refractivity contribution >= 4 is 35.8 Å². The third-order valence-electron chi connectivity index (χ3n) is 3.96. The molecule has 1 aliphatic rings. The Morgan fingerprint density at radius 3 is 2.60 bits per heavy atom. The standard InChI is InChI=1S/C17H28N6O.HI/c1-4-19-17(23-11-13(2)9-14(3)12-23)22-8-7-21-16(24)15-10-18-5-6-20-15;/h5-6,10,13-14H,4,7-9,11-12H2,1-3H3,(H,19,22)(H,21,24);1H. The Bertz CT molecular complexity index is 543. The van der Waals surface area contributed by atoms with Crippen LogP contribution in [0.3, 0.4) is 0 Å². The highest BCUT2D eigenvalue weighted by Crippen LogP contribution is 2.20. The van der Waals surface area contributed by atoms with E-state index < -0.39 is 0 Å². The van der Waals surface area contributed by atoms with Gasteiger partial charge < -0.3 is 15.5 Å². The third kappa shape index (κ3) is 7.13. The minimum atomic E-state index is -0.219. The van der Waals surface area contributed by atoms with Crippen molar-refractivity contribution < 1.29 is 4.79 Å². The first-order valence-electron chi connectivity index (χ1n) is 8.67. The first kappa shape index (κ1) is 21.6. The minimum Gasteiger partial charge on any atom is -0.357 e. The SMILES string of the molecule is CCNC(=NCCNC(=O)c1cnccn1)N1CC(C)CC(C)C1.I. The normalized spacial score (nSPS) is 20.6. The fraction of sp³-hybridized carbons (Fsp3) is 0.647. The number of rotatable bonds is 5. The maximum atomic E-state index is 11.9. The molecule has 1 aromatic rings. The van der Waals surface area contributed by atoms with Gasteiger partial charge in [0.05, 0.1) is 12.7 Å². The Balaban J connectivity index is 0.00000312. The number of nitrogens with zero attached hydrogens (tertiary/aromatic N) is 4. The molecule has 2 rings (SSSR count). The first-order chi connectivity index (χ1) is 11.6. The van der Waals surface area contributed by atoms with Crippen LogP contribution in [0.2, 0.25) is 0 Å². The van der Waals surface area contributed by atoms with Gasteiger partial charge in [0.2, 0.25) is 0 Å². The van der Waals surface area contributed by atoms with Gasteiger partial charge in [-0.3, -0.25) is 14.8 Å². The van der Waals surface area contributed by atoms with E-state index in [-0.39, 0.29) is 29.9 Å². The average molecular weight is 460 g/mol. The molecule has 0 aliphatic carbocycles. The Hall–Kier alpha value is -1.45. The maximum absolute atomic E-state index is 11.9. The van der Waals surface area contributed by atoms with E-state index in [0.717, 1.165) is 25.6 Å². The molecule has 2 unspecified atom stereocenters. The molecule has 0 radical (unpaired) electrons. The summed E-state index contributed by atoms with van der Waals surface area (Å²) in [5.74, 6) is 2.07. The van der Waals surface area contributed by atoms with Gasteiger partial charge in [-0.25, -0.2) is 4.98 Å². The molecule has 0 aromatic carbocycles. The van der Waals surface area contributed by atoms with E-state index in [2.05, 4.69) is 51.3 Å². The summed E-state index contributed by atoms with van der Waals surface area (Å²) in [6, 6.07) is 0. The smallest absolute Gasteiger partial charge is 0.271 e. The molecule has 1 saturated heterocycles. The second-order valence-electron chi connectivity index (χ2n) is 6.43. The second kappa shape index (κ2) is 11.2. The van der Waals surface area contributed by atoms with Crippen LogP contribution >= 0.6 is 24.0 Å². The topological polar surface area (TPSA) is 82.5 Å². The molecule has 1 aromatic heterocycles. The fourth-order valence-electron chi connectivity index (χ4n) is 3.10. The van der Waals surface area contributed by atoms with E-state index in [1.165, 1.54) is 18.8 Å². The van der Waals surface area contributed by atoms with Gasteiger partial charge in [-0.15, -0.1) is 24.0 Å². The molecule has 25 heavy (non-hydrogen) atoms. The number of carbonyl (C=O) groups excluding carboxylic acids is 1. The van der Waals surface area contributed by atoms with E-state index in [4.69, 9.17) is 0 Å². The van der Waals surface area contributed by atoms with Gasteiger partial charge in [0.25, 0.3) is 5.91 Å². The molecule has 0 bridgehead atoms. The molecule has 0 spiro atoms. The number of amides is 1. The lowest BCUT2D eigenvalue weighted by atomic mass is 9.92. The number of aliphatic imine (C=N–C) groups is 1. The minimum absolute atomic E-state index is 0. The van der Waals surface area contributed by atoms with Crippen LogP contribution in [-0.2, 0) is 0 Å². The van der Waals surface area contributed by atoms with Crippen molar-refractivity contribution in [1.29, 1.82) is 0 Å². The molecule has 2 heterocycles. The van der Waals surface area contributed by atoms with E-state index >= 15 is 0 Å². The highest BCUT2D eigenvalue weighted by Gasteiger charge is 2.23. The largest absolute Gasteiger partial charge is 0.357 e. The lowest BCUT2D eigenvalue weighted by molar-refractivity contribution is 0.0949. The molecule has 2 atom stereocenters. The first-order valence-corrected chi connectivity index (χ1v) is 8.67. The van der Waals surface area contributed by atoms with E-state index in [1.54, 1.807) is 6.20 Å². The lowest BCUT2D eigenvalue weighted by Crippen LogP contribution is -2.48. The molecule has 2 N–H and O–H groups in total. The maximum Gasteiger partial charge on any atom is 0.271 e. The lowest BCUT2D eigenvalue weighted by Gasteiger charge is -2.37. The second-order valence-corrected chi connectivity index (χ2v) is 6.43. The molecule has 0 saturated carbocycles. The summed E-state index contributed by atoms with van der Waals surface area (Å²) < 4.78 is 0.